The van der Waals surface area contributed by atoms with Gasteiger partial charge in [-0.1, -0.05) is 12.1 Å². The zero-order chi connectivity index (χ0) is 13.1. The number of benzene rings is 2. The Hall–Kier alpha value is -2.10. The molecule has 18 heavy (non-hydrogen) atoms. The SMILES string of the molecule is O=C(Cc1cccc(F)c1)c1cc(F)ccc1F. The summed E-state index contributed by atoms with van der Waals surface area (Å²) in [6, 6.07) is 8.13. The van der Waals surface area contributed by atoms with E-state index >= 15 is 0 Å². The maximum absolute atomic E-state index is 13.3. The molecule has 0 aromatic heterocycles. The van der Waals surface area contributed by atoms with Crippen molar-refractivity contribution < 1.29 is 18.0 Å². The Morgan fingerprint density at radius 2 is 1.67 bits per heavy atom. The van der Waals surface area contributed by atoms with Gasteiger partial charge in [-0.15, -0.1) is 0 Å². The number of carbonyl (C=O) groups is 1. The second-order valence-corrected chi connectivity index (χ2v) is 3.85. The molecule has 0 radical (unpaired) electrons. The summed E-state index contributed by atoms with van der Waals surface area (Å²) < 4.78 is 39.2. The Bertz CT molecular complexity index is 593. The maximum atomic E-state index is 13.3. The van der Waals surface area contributed by atoms with Gasteiger partial charge < -0.3 is 0 Å². The lowest BCUT2D eigenvalue weighted by atomic mass is 10.0. The van der Waals surface area contributed by atoms with Gasteiger partial charge in [0.15, 0.2) is 5.78 Å². The van der Waals surface area contributed by atoms with E-state index in [0.717, 1.165) is 18.2 Å². The van der Waals surface area contributed by atoms with Gasteiger partial charge >= 0.3 is 0 Å². The average molecular weight is 250 g/mol. The third-order valence-corrected chi connectivity index (χ3v) is 2.48. The summed E-state index contributed by atoms with van der Waals surface area (Å²) in [5.74, 6) is -2.52. The molecule has 0 unspecified atom stereocenters. The monoisotopic (exact) mass is 250 g/mol. The molecule has 0 aliphatic rings. The predicted octanol–water partition coefficient (Wildman–Crippen LogP) is 3.53. The number of rotatable bonds is 3. The highest BCUT2D eigenvalue weighted by Crippen LogP contribution is 2.14. The van der Waals surface area contributed by atoms with Gasteiger partial charge in [-0.25, -0.2) is 13.2 Å². The lowest BCUT2D eigenvalue weighted by Crippen LogP contribution is -2.07. The first-order valence-electron chi connectivity index (χ1n) is 5.29. The van der Waals surface area contributed by atoms with Gasteiger partial charge in [0.2, 0.25) is 0 Å². The molecule has 0 bridgehead atoms. The van der Waals surface area contributed by atoms with Gasteiger partial charge in [0.05, 0.1) is 5.56 Å². The molecule has 0 amide bonds. The van der Waals surface area contributed by atoms with Crippen molar-refractivity contribution in [3.63, 3.8) is 0 Å². The molecule has 2 rings (SSSR count). The van der Waals surface area contributed by atoms with Crippen molar-refractivity contribution in [3.05, 3.63) is 71.0 Å². The van der Waals surface area contributed by atoms with Gasteiger partial charge in [0.25, 0.3) is 0 Å². The average Bonchev–Trinajstić information content (AvgIpc) is 2.32. The Labute approximate surface area is 102 Å². The number of hydrogen-bond donors (Lipinski definition) is 0. The molecule has 0 atom stereocenters. The molecule has 0 saturated carbocycles. The highest BCUT2D eigenvalue weighted by Gasteiger charge is 2.13. The van der Waals surface area contributed by atoms with Gasteiger partial charge in [0.1, 0.15) is 17.5 Å². The summed E-state index contributed by atoms with van der Waals surface area (Å²) in [6.45, 7) is 0. The Morgan fingerprint density at radius 3 is 2.39 bits per heavy atom. The highest BCUT2D eigenvalue weighted by atomic mass is 19.1. The number of ketones is 1. The van der Waals surface area contributed by atoms with Crippen LogP contribution in [0.25, 0.3) is 0 Å². The number of Topliss-reactive ketones (excluding diaryl/α,β-unsaturated/α-hetero) is 1. The van der Waals surface area contributed by atoms with E-state index in [2.05, 4.69) is 0 Å². The molecule has 0 heterocycles. The molecule has 0 spiro atoms. The normalized spacial score (nSPS) is 10.4. The first-order valence-corrected chi connectivity index (χ1v) is 5.29. The molecule has 0 fully saturated rings. The summed E-state index contributed by atoms with van der Waals surface area (Å²) >= 11 is 0. The fourth-order valence-electron chi connectivity index (χ4n) is 1.64. The van der Waals surface area contributed by atoms with Crippen LogP contribution in [0.15, 0.2) is 42.5 Å². The lowest BCUT2D eigenvalue weighted by molar-refractivity contribution is 0.0988. The lowest BCUT2D eigenvalue weighted by Gasteiger charge is -2.03. The van der Waals surface area contributed by atoms with Crippen LogP contribution in [0, 0.1) is 17.5 Å². The number of hydrogen-bond acceptors (Lipinski definition) is 1. The van der Waals surface area contributed by atoms with E-state index in [4.69, 9.17) is 0 Å². The van der Waals surface area contributed by atoms with E-state index < -0.39 is 23.2 Å². The fraction of sp³-hybridized carbons (Fsp3) is 0.0714. The topological polar surface area (TPSA) is 17.1 Å². The number of halogens is 3. The van der Waals surface area contributed by atoms with Crippen molar-refractivity contribution in [2.24, 2.45) is 0 Å². The molecule has 0 saturated heterocycles. The molecule has 1 nitrogen and oxygen atoms in total. The van der Waals surface area contributed by atoms with Crippen LogP contribution in [0.5, 0.6) is 0 Å². The minimum Gasteiger partial charge on any atom is -0.294 e. The van der Waals surface area contributed by atoms with Crippen LogP contribution < -0.4 is 0 Å². The van der Waals surface area contributed by atoms with E-state index in [1.165, 1.54) is 18.2 Å². The van der Waals surface area contributed by atoms with Crippen LogP contribution in [0.4, 0.5) is 13.2 Å². The van der Waals surface area contributed by atoms with Gasteiger partial charge in [-0.05, 0) is 35.9 Å². The Morgan fingerprint density at radius 1 is 0.944 bits per heavy atom. The molecular formula is C14H9F3O. The fourth-order valence-corrected chi connectivity index (χ4v) is 1.64. The van der Waals surface area contributed by atoms with Gasteiger partial charge in [-0.2, -0.15) is 0 Å². The van der Waals surface area contributed by atoms with Crippen molar-refractivity contribution in [2.75, 3.05) is 0 Å². The first-order chi connectivity index (χ1) is 8.56. The first kappa shape index (κ1) is 12.4. The quantitative estimate of drug-likeness (QED) is 0.761. The summed E-state index contributed by atoms with van der Waals surface area (Å²) in [5, 5.41) is 0. The smallest absolute Gasteiger partial charge is 0.170 e. The van der Waals surface area contributed by atoms with Gasteiger partial charge in [0, 0.05) is 6.42 Å². The second kappa shape index (κ2) is 5.04. The van der Waals surface area contributed by atoms with E-state index in [9.17, 15) is 18.0 Å². The Balaban J connectivity index is 2.24. The molecule has 2 aromatic carbocycles. The van der Waals surface area contributed by atoms with E-state index in [-0.39, 0.29) is 12.0 Å². The standard InChI is InChI=1S/C14H9F3O/c15-10-3-1-2-9(6-10)7-14(18)12-8-11(16)4-5-13(12)17/h1-6,8H,7H2. The Kier molecular flexibility index (Phi) is 3.46. The molecule has 0 N–H and O–H groups in total. The predicted molar refractivity (Wildman–Crippen MR) is 60.8 cm³/mol. The van der Waals surface area contributed by atoms with E-state index in [1.807, 2.05) is 0 Å². The molecule has 0 aliphatic heterocycles. The van der Waals surface area contributed by atoms with Crippen LogP contribution in [0.1, 0.15) is 15.9 Å². The zero-order valence-corrected chi connectivity index (χ0v) is 9.29. The van der Waals surface area contributed by atoms with E-state index in [1.54, 1.807) is 6.07 Å². The third kappa shape index (κ3) is 2.77. The molecular weight excluding hydrogens is 241 g/mol. The maximum Gasteiger partial charge on any atom is 0.170 e. The summed E-state index contributed by atoms with van der Waals surface area (Å²) in [4.78, 5) is 11.8. The van der Waals surface area contributed by atoms with Crippen molar-refractivity contribution in [3.8, 4) is 0 Å². The minimum absolute atomic E-state index is 0.169. The summed E-state index contributed by atoms with van der Waals surface area (Å²) in [5.41, 5.74) is 0.0999. The van der Waals surface area contributed by atoms with Crippen molar-refractivity contribution >= 4 is 5.78 Å². The van der Waals surface area contributed by atoms with Crippen molar-refractivity contribution in [2.45, 2.75) is 6.42 Å². The highest BCUT2D eigenvalue weighted by molar-refractivity contribution is 5.97. The van der Waals surface area contributed by atoms with Crippen LogP contribution in [-0.4, -0.2) is 5.78 Å². The van der Waals surface area contributed by atoms with Crippen LogP contribution >= 0.6 is 0 Å². The zero-order valence-electron chi connectivity index (χ0n) is 9.29. The molecule has 2 aromatic rings. The van der Waals surface area contributed by atoms with Crippen molar-refractivity contribution in [1.29, 1.82) is 0 Å². The van der Waals surface area contributed by atoms with Crippen LogP contribution in [0.2, 0.25) is 0 Å². The van der Waals surface area contributed by atoms with Gasteiger partial charge in [-0.3, -0.25) is 4.79 Å². The summed E-state index contributed by atoms with van der Waals surface area (Å²) in [6.07, 6.45) is -0.169. The van der Waals surface area contributed by atoms with Crippen LogP contribution in [0.3, 0.4) is 0 Å². The number of carbonyl (C=O) groups excluding carboxylic acids is 1. The largest absolute Gasteiger partial charge is 0.294 e. The van der Waals surface area contributed by atoms with E-state index in [0.29, 0.717) is 5.56 Å². The molecule has 92 valence electrons. The molecule has 4 heteroatoms. The summed E-state index contributed by atoms with van der Waals surface area (Å²) in [7, 11) is 0. The second-order valence-electron chi connectivity index (χ2n) is 3.85. The molecule has 0 aliphatic carbocycles. The van der Waals surface area contributed by atoms with Crippen molar-refractivity contribution in [1.82, 2.24) is 0 Å². The van der Waals surface area contributed by atoms with Crippen LogP contribution in [-0.2, 0) is 6.42 Å². The minimum atomic E-state index is -0.780. The third-order valence-electron chi connectivity index (χ3n) is 2.48.